The first-order valence-corrected chi connectivity index (χ1v) is 5.42. The van der Waals surface area contributed by atoms with Crippen LogP contribution in [-0.4, -0.2) is 23.7 Å². The van der Waals surface area contributed by atoms with Gasteiger partial charge in [0.25, 0.3) is 0 Å². The lowest BCUT2D eigenvalue weighted by atomic mass is 10.0. The lowest BCUT2D eigenvalue weighted by Gasteiger charge is -2.13. The standard InChI is InChI=1S/C11H14N2O4.ClH/c1-17-10-6-7(8-3-2-4-12-8)5-9(11(10)14)13(15)16;/h5-6,8,12,14H,2-4H2,1H3;1H/t8-;/m1./s1. The minimum absolute atomic E-state index is 0. The quantitative estimate of drug-likeness (QED) is 0.652. The van der Waals surface area contributed by atoms with Crippen molar-refractivity contribution in [1.82, 2.24) is 5.32 Å². The first kappa shape index (κ1) is 14.5. The maximum atomic E-state index is 10.8. The first-order valence-electron chi connectivity index (χ1n) is 5.42. The topological polar surface area (TPSA) is 84.6 Å². The van der Waals surface area contributed by atoms with Crippen LogP contribution in [0.4, 0.5) is 5.69 Å². The number of hydrogen-bond acceptors (Lipinski definition) is 5. The van der Waals surface area contributed by atoms with E-state index in [2.05, 4.69) is 5.32 Å². The third-order valence-electron chi connectivity index (χ3n) is 2.96. The Hall–Kier alpha value is -1.53. The minimum atomic E-state index is -0.601. The van der Waals surface area contributed by atoms with Crippen molar-refractivity contribution in [2.24, 2.45) is 0 Å². The summed E-state index contributed by atoms with van der Waals surface area (Å²) >= 11 is 0. The zero-order valence-corrected chi connectivity index (χ0v) is 10.7. The zero-order valence-electron chi connectivity index (χ0n) is 9.88. The predicted octanol–water partition coefficient (Wildman–Crippen LogP) is 2.16. The molecule has 0 radical (unpaired) electrons. The Morgan fingerprint density at radius 3 is 2.78 bits per heavy atom. The summed E-state index contributed by atoms with van der Waals surface area (Å²) in [6.45, 7) is 0.904. The number of methoxy groups -OCH3 is 1. The zero-order chi connectivity index (χ0) is 12.4. The van der Waals surface area contributed by atoms with Gasteiger partial charge in [-0.1, -0.05) is 0 Å². The largest absolute Gasteiger partial charge is 0.500 e. The fraction of sp³-hybridized carbons (Fsp3) is 0.455. The fourth-order valence-corrected chi connectivity index (χ4v) is 2.08. The molecule has 18 heavy (non-hydrogen) atoms. The minimum Gasteiger partial charge on any atom is -0.500 e. The number of rotatable bonds is 3. The van der Waals surface area contributed by atoms with Crippen molar-refractivity contribution in [3.05, 3.63) is 27.8 Å². The number of nitro benzene ring substituents is 1. The van der Waals surface area contributed by atoms with Gasteiger partial charge in [-0.15, -0.1) is 12.4 Å². The molecule has 1 atom stereocenters. The lowest BCUT2D eigenvalue weighted by Crippen LogP contribution is -2.13. The van der Waals surface area contributed by atoms with Crippen molar-refractivity contribution < 1.29 is 14.8 Å². The molecule has 7 heteroatoms. The maximum absolute atomic E-state index is 10.8. The van der Waals surface area contributed by atoms with Crippen LogP contribution in [0, 0.1) is 10.1 Å². The number of aromatic hydroxyl groups is 1. The summed E-state index contributed by atoms with van der Waals surface area (Å²) in [5, 5.41) is 23.7. The molecule has 2 rings (SSSR count). The molecule has 100 valence electrons. The summed E-state index contributed by atoms with van der Waals surface area (Å²) in [5.74, 6) is -0.276. The van der Waals surface area contributed by atoms with Gasteiger partial charge in [-0.25, -0.2) is 0 Å². The van der Waals surface area contributed by atoms with Gasteiger partial charge < -0.3 is 15.2 Å². The Morgan fingerprint density at radius 2 is 2.28 bits per heavy atom. The number of phenols is 1. The Labute approximate surface area is 111 Å². The van der Waals surface area contributed by atoms with E-state index in [1.54, 1.807) is 6.07 Å². The fourth-order valence-electron chi connectivity index (χ4n) is 2.08. The number of phenolic OH excluding ortho intramolecular Hbond substituents is 1. The van der Waals surface area contributed by atoms with Crippen LogP contribution in [0.25, 0.3) is 0 Å². The van der Waals surface area contributed by atoms with Crippen molar-refractivity contribution >= 4 is 18.1 Å². The normalized spacial score (nSPS) is 18.2. The van der Waals surface area contributed by atoms with Gasteiger partial charge in [0.2, 0.25) is 5.75 Å². The second-order valence-corrected chi connectivity index (χ2v) is 4.00. The average molecular weight is 275 g/mol. The second kappa shape index (κ2) is 5.88. The molecule has 1 aromatic carbocycles. The molecular formula is C11H15ClN2O4. The van der Waals surface area contributed by atoms with E-state index in [4.69, 9.17) is 4.74 Å². The third kappa shape index (κ3) is 2.65. The van der Waals surface area contributed by atoms with E-state index >= 15 is 0 Å². The summed E-state index contributed by atoms with van der Waals surface area (Å²) in [7, 11) is 1.38. The highest BCUT2D eigenvalue weighted by Gasteiger charge is 2.24. The van der Waals surface area contributed by atoms with E-state index in [-0.39, 0.29) is 29.9 Å². The Bertz CT molecular complexity index is 447. The van der Waals surface area contributed by atoms with Gasteiger partial charge in [0, 0.05) is 12.1 Å². The highest BCUT2D eigenvalue weighted by Crippen LogP contribution is 2.39. The average Bonchev–Trinajstić information content (AvgIpc) is 2.82. The van der Waals surface area contributed by atoms with Crippen molar-refractivity contribution in [3.63, 3.8) is 0 Å². The molecule has 1 fully saturated rings. The van der Waals surface area contributed by atoms with Crippen molar-refractivity contribution in [1.29, 1.82) is 0 Å². The molecular weight excluding hydrogens is 260 g/mol. The van der Waals surface area contributed by atoms with Crippen LogP contribution in [0.2, 0.25) is 0 Å². The molecule has 0 aliphatic carbocycles. The van der Waals surface area contributed by atoms with Gasteiger partial charge in [-0.05, 0) is 31.0 Å². The van der Waals surface area contributed by atoms with Gasteiger partial charge in [0.1, 0.15) is 0 Å². The smallest absolute Gasteiger partial charge is 0.314 e. The summed E-state index contributed by atoms with van der Waals surface area (Å²) in [4.78, 5) is 10.2. The summed E-state index contributed by atoms with van der Waals surface area (Å²) in [6.07, 6.45) is 1.98. The Kier molecular flexibility index (Phi) is 4.75. The number of hydrogen-bond donors (Lipinski definition) is 2. The number of nitrogens with zero attached hydrogens (tertiary/aromatic N) is 1. The highest BCUT2D eigenvalue weighted by atomic mass is 35.5. The Morgan fingerprint density at radius 1 is 1.56 bits per heavy atom. The van der Waals surface area contributed by atoms with Gasteiger partial charge in [-0.3, -0.25) is 10.1 Å². The predicted molar refractivity (Wildman–Crippen MR) is 68.5 cm³/mol. The molecule has 0 aromatic heterocycles. The van der Waals surface area contributed by atoms with E-state index in [1.807, 2.05) is 0 Å². The summed E-state index contributed by atoms with van der Waals surface area (Å²) in [6, 6.07) is 3.15. The molecule has 6 nitrogen and oxygen atoms in total. The number of ether oxygens (including phenoxy) is 1. The van der Waals surface area contributed by atoms with E-state index in [1.165, 1.54) is 13.2 Å². The number of nitrogens with one attached hydrogen (secondary N) is 1. The molecule has 2 N–H and O–H groups in total. The molecule has 0 saturated carbocycles. The van der Waals surface area contributed by atoms with E-state index in [0.29, 0.717) is 0 Å². The van der Waals surface area contributed by atoms with Crippen LogP contribution in [0.15, 0.2) is 12.1 Å². The number of nitro groups is 1. The van der Waals surface area contributed by atoms with Crippen molar-refractivity contribution in [3.8, 4) is 11.5 Å². The third-order valence-corrected chi connectivity index (χ3v) is 2.96. The Balaban J connectivity index is 0.00000162. The van der Waals surface area contributed by atoms with Crippen LogP contribution < -0.4 is 10.1 Å². The van der Waals surface area contributed by atoms with E-state index in [9.17, 15) is 15.2 Å². The molecule has 0 unspecified atom stereocenters. The summed E-state index contributed by atoms with van der Waals surface area (Å²) < 4.78 is 4.95. The van der Waals surface area contributed by atoms with Gasteiger partial charge >= 0.3 is 5.69 Å². The van der Waals surface area contributed by atoms with Gasteiger partial charge in [-0.2, -0.15) is 0 Å². The molecule has 0 spiro atoms. The summed E-state index contributed by atoms with van der Waals surface area (Å²) in [5.41, 5.74) is 0.469. The monoisotopic (exact) mass is 274 g/mol. The molecule has 1 aliphatic rings. The number of halogens is 1. The van der Waals surface area contributed by atoms with Crippen LogP contribution in [0.3, 0.4) is 0 Å². The van der Waals surface area contributed by atoms with Crippen molar-refractivity contribution in [2.45, 2.75) is 18.9 Å². The maximum Gasteiger partial charge on any atom is 0.314 e. The first-order chi connectivity index (χ1) is 8.13. The SMILES string of the molecule is COc1cc([C@H]2CCCN2)cc([N+](=O)[O-])c1O.Cl. The van der Waals surface area contributed by atoms with E-state index in [0.717, 1.165) is 24.9 Å². The van der Waals surface area contributed by atoms with Gasteiger partial charge in [0.15, 0.2) is 5.75 Å². The molecule has 1 saturated heterocycles. The molecule has 1 heterocycles. The van der Waals surface area contributed by atoms with Crippen molar-refractivity contribution in [2.75, 3.05) is 13.7 Å². The number of benzene rings is 1. The van der Waals surface area contributed by atoms with E-state index < -0.39 is 10.7 Å². The lowest BCUT2D eigenvalue weighted by molar-refractivity contribution is -0.386. The van der Waals surface area contributed by atoms with Crippen LogP contribution in [-0.2, 0) is 0 Å². The second-order valence-electron chi connectivity index (χ2n) is 4.00. The van der Waals surface area contributed by atoms with Crippen LogP contribution in [0.5, 0.6) is 11.5 Å². The molecule has 1 aromatic rings. The van der Waals surface area contributed by atoms with Gasteiger partial charge in [0.05, 0.1) is 12.0 Å². The highest BCUT2D eigenvalue weighted by molar-refractivity contribution is 5.85. The van der Waals surface area contributed by atoms with Crippen LogP contribution in [0.1, 0.15) is 24.4 Å². The molecule has 0 amide bonds. The molecule has 1 aliphatic heterocycles. The van der Waals surface area contributed by atoms with Crippen LogP contribution >= 0.6 is 12.4 Å². The molecule has 0 bridgehead atoms.